The van der Waals surface area contributed by atoms with E-state index in [1.807, 2.05) is 6.07 Å². The Kier molecular flexibility index (Phi) is 4.82. The highest BCUT2D eigenvalue weighted by molar-refractivity contribution is 5.89. The smallest absolute Gasteiger partial charge is 0.258 e. The molecule has 0 heterocycles. The number of amides is 2. The number of ether oxygens (including phenoxy) is 1. The molecule has 5 N–H and O–H groups in total. The van der Waals surface area contributed by atoms with Crippen LogP contribution in [0.5, 0.6) is 5.75 Å². The summed E-state index contributed by atoms with van der Waals surface area (Å²) in [6.07, 6.45) is 0. The van der Waals surface area contributed by atoms with E-state index in [4.69, 9.17) is 21.5 Å². The molecule has 122 valence electrons. The van der Waals surface area contributed by atoms with Crippen molar-refractivity contribution in [1.29, 1.82) is 5.26 Å². The Labute approximate surface area is 138 Å². The molecule has 0 radical (unpaired) electrons. The fraction of sp³-hybridized carbons (Fsp3) is 0.118. The molecule has 1 unspecified atom stereocenters. The van der Waals surface area contributed by atoms with E-state index in [2.05, 4.69) is 0 Å². The van der Waals surface area contributed by atoms with Gasteiger partial charge in [0.1, 0.15) is 5.75 Å². The second-order valence-corrected chi connectivity index (χ2v) is 5.02. The van der Waals surface area contributed by atoms with Crippen LogP contribution in [0.15, 0.2) is 48.5 Å². The van der Waals surface area contributed by atoms with Gasteiger partial charge < -0.3 is 21.3 Å². The van der Waals surface area contributed by atoms with Crippen molar-refractivity contribution in [2.45, 2.75) is 5.60 Å². The average Bonchev–Trinajstić information content (AvgIpc) is 2.59. The third kappa shape index (κ3) is 3.19. The minimum absolute atomic E-state index is 0.0152. The van der Waals surface area contributed by atoms with E-state index in [0.717, 1.165) is 0 Å². The standard InChI is InChI=1S/C17H15N3O4/c18-9-11-6-7-13(14(8-11)24-10-15(19)21)17(23,16(20)22)12-4-2-1-3-5-12/h1-8,23H,10H2,(H2,19,21)(H2,20,22). The lowest BCUT2D eigenvalue weighted by Crippen LogP contribution is -2.42. The number of hydrogen-bond acceptors (Lipinski definition) is 5. The second kappa shape index (κ2) is 6.81. The third-order valence-electron chi connectivity index (χ3n) is 3.42. The zero-order valence-electron chi connectivity index (χ0n) is 12.6. The predicted octanol–water partition coefficient (Wildman–Crippen LogP) is 0.144. The third-order valence-corrected chi connectivity index (χ3v) is 3.42. The van der Waals surface area contributed by atoms with E-state index >= 15 is 0 Å². The zero-order valence-corrected chi connectivity index (χ0v) is 12.6. The van der Waals surface area contributed by atoms with Gasteiger partial charge in [-0.1, -0.05) is 36.4 Å². The zero-order chi connectivity index (χ0) is 17.7. The number of hydrogen-bond donors (Lipinski definition) is 3. The van der Waals surface area contributed by atoms with Gasteiger partial charge >= 0.3 is 0 Å². The average molecular weight is 325 g/mol. The van der Waals surface area contributed by atoms with Crippen LogP contribution in [0.25, 0.3) is 0 Å². The van der Waals surface area contributed by atoms with Crippen molar-refractivity contribution < 1.29 is 19.4 Å². The van der Waals surface area contributed by atoms with Crippen LogP contribution in [-0.2, 0) is 15.2 Å². The number of rotatable bonds is 6. The minimum Gasteiger partial charge on any atom is -0.483 e. The van der Waals surface area contributed by atoms with Crippen molar-refractivity contribution in [3.8, 4) is 11.8 Å². The number of aliphatic hydroxyl groups is 1. The molecule has 2 rings (SSSR count). The van der Waals surface area contributed by atoms with Gasteiger partial charge in [-0.3, -0.25) is 9.59 Å². The molecule has 0 aromatic heterocycles. The largest absolute Gasteiger partial charge is 0.483 e. The van der Waals surface area contributed by atoms with Crippen LogP contribution in [0, 0.1) is 11.3 Å². The van der Waals surface area contributed by atoms with Gasteiger partial charge in [0, 0.05) is 5.56 Å². The number of carbonyl (C=O) groups excluding carboxylic acids is 2. The van der Waals surface area contributed by atoms with Gasteiger partial charge in [0.2, 0.25) is 0 Å². The van der Waals surface area contributed by atoms with Crippen molar-refractivity contribution in [3.63, 3.8) is 0 Å². The lowest BCUT2D eigenvalue weighted by atomic mass is 9.84. The Bertz CT molecular complexity index is 814. The summed E-state index contributed by atoms with van der Waals surface area (Å²) < 4.78 is 5.27. The van der Waals surface area contributed by atoms with Gasteiger partial charge in [-0.05, 0) is 17.7 Å². The maximum Gasteiger partial charge on any atom is 0.258 e. The maximum absolute atomic E-state index is 12.0. The number of benzene rings is 2. The van der Waals surface area contributed by atoms with Gasteiger partial charge in [-0.25, -0.2) is 0 Å². The molecule has 7 heteroatoms. The Hall–Kier alpha value is -3.37. The molecule has 0 aliphatic carbocycles. The van der Waals surface area contributed by atoms with Crippen molar-refractivity contribution in [1.82, 2.24) is 0 Å². The van der Waals surface area contributed by atoms with E-state index in [9.17, 15) is 14.7 Å². The summed E-state index contributed by atoms with van der Waals surface area (Å²) >= 11 is 0. The molecule has 0 bridgehead atoms. The molecule has 0 fully saturated rings. The lowest BCUT2D eigenvalue weighted by molar-refractivity contribution is -0.133. The van der Waals surface area contributed by atoms with Crippen LogP contribution in [0.3, 0.4) is 0 Å². The molecule has 7 nitrogen and oxygen atoms in total. The van der Waals surface area contributed by atoms with Gasteiger partial charge in [-0.15, -0.1) is 0 Å². The van der Waals surface area contributed by atoms with Crippen LogP contribution in [0.4, 0.5) is 0 Å². The lowest BCUT2D eigenvalue weighted by Gasteiger charge is -2.27. The Morgan fingerprint density at radius 3 is 2.38 bits per heavy atom. The first-order chi connectivity index (χ1) is 11.4. The SMILES string of the molecule is N#Cc1ccc(C(O)(C(N)=O)c2ccccc2)c(OCC(N)=O)c1. The molecule has 0 aliphatic heterocycles. The molecule has 24 heavy (non-hydrogen) atoms. The normalized spacial score (nSPS) is 12.7. The number of nitriles is 1. The summed E-state index contributed by atoms with van der Waals surface area (Å²) in [5.74, 6) is -1.80. The van der Waals surface area contributed by atoms with Crippen LogP contribution in [-0.4, -0.2) is 23.5 Å². The summed E-state index contributed by atoms with van der Waals surface area (Å²) in [6.45, 7) is -0.481. The molecular weight excluding hydrogens is 310 g/mol. The van der Waals surface area contributed by atoms with Crippen molar-refractivity contribution in [2.24, 2.45) is 11.5 Å². The van der Waals surface area contributed by atoms with E-state index in [0.29, 0.717) is 0 Å². The fourth-order valence-electron chi connectivity index (χ4n) is 2.27. The molecule has 0 saturated heterocycles. The van der Waals surface area contributed by atoms with Crippen molar-refractivity contribution in [3.05, 3.63) is 65.2 Å². The molecule has 0 aliphatic rings. The van der Waals surface area contributed by atoms with Gasteiger partial charge in [0.05, 0.1) is 11.6 Å². The van der Waals surface area contributed by atoms with Crippen LogP contribution >= 0.6 is 0 Å². The predicted molar refractivity (Wildman–Crippen MR) is 84.5 cm³/mol. The van der Waals surface area contributed by atoms with Gasteiger partial charge in [0.25, 0.3) is 11.8 Å². The number of nitrogens with zero attached hydrogens (tertiary/aromatic N) is 1. The first-order valence-electron chi connectivity index (χ1n) is 6.93. The van der Waals surface area contributed by atoms with Crippen LogP contribution < -0.4 is 16.2 Å². The molecule has 0 spiro atoms. The highest BCUT2D eigenvalue weighted by atomic mass is 16.5. The Morgan fingerprint density at radius 1 is 1.17 bits per heavy atom. The number of carbonyl (C=O) groups is 2. The first kappa shape index (κ1) is 17.0. The number of primary amides is 2. The summed E-state index contributed by atoms with van der Waals surface area (Å²) in [4.78, 5) is 23.0. The molecular formula is C17H15N3O4. The highest BCUT2D eigenvalue weighted by Crippen LogP contribution is 2.36. The summed E-state index contributed by atoms with van der Waals surface area (Å²) in [6, 6.07) is 14.0. The first-order valence-corrected chi connectivity index (χ1v) is 6.93. The fourth-order valence-corrected chi connectivity index (χ4v) is 2.27. The Balaban J connectivity index is 2.64. The van der Waals surface area contributed by atoms with Gasteiger partial charge in [-0.2, -0.15) is 5.26 Å². The number of nitrogens with two attached hydrogens (primary N) is 2. The van der Waals surface area contributed by atoms with E-state index < -0.39 is 24.0 Å². The quantitative estimate of drug-likeness (QED) is 0.693. The summed E-state index contributed by atoms with van der Waals surface area (Å²) in [5, 5.41) is 20.0. The monoisotopic (exact) mass is 325 g/mol. The molecule has 0 saturated carbocycles. The van der Waals surface area contributed by atoms with Crippen LogP contribution in [0.1, 0.15) is 16.7 Å². The van der Waals surface area contributed by atoms with Gasteiger partial charge in [0.15, 0.2) is 12.2 Å². The molecule has 2 amide bonds. The highest BCUT2D eigenvalue weighted by Gasteiger charge is 2.40. The van der Waals surface area contributed by atoms with E-state index in [-0.39, 0.29) is 22.4 Å². The Morgan fingerprint density at radius 2 is 1.83 bits per heavy atom. The van der Waals surface area contributed by atoms with Crippen molar-refractivity contribution >= 4 is 11.8 Å². The summed E-state index contributed by atoms with van der Waals surface area (Å²) in [5.41, 5.74) is 8.76. The van der Waals surface area contributed by atoms with E-state index in [1.54, 1.807) is 18.2 Å². The maximum atomic E-state index is 12.0. The van der Waals surface area contributed by atoms with Crippen LogP contribution in [0.2, 0.25) is 0 Å². The molecule has 2 aromatic carbocycles. The molecule has 1 atom stereocenters. The van der Waals surface area contributed by atoms with E-state index in [1.165, 1.54) is 30.3 Å². The minimum atomic E-state index is -2.19. The summed E-state index contributed by atoms with van der Waals surface area (Å²) in [7, 11) is 0. The second-order valence-electron chi connectivity index (χ2n) is 5.02. The molecule has 2 aromatic rings. The van der Waals surface area contributed by atoms with Crippen molar-refractivity contribution in [2.75, 3.05) is 6.61 Å². The topological polar surface area (TPSA) is 139 Å².